The Kier molecular flexibility index (Phi) is 7.36. The third kappa shape index (κ3) is 5.36. The highest BCUT2D eigenvalue weighted by Crippen LogP contribution is 1.56. The van der Waals surface area contributed by atoms with Crippen LogP contribution in [0.2, 0.25) is 0 Å². The van der Waals surface area contributed by atoms with Gasteiger partial charge in [-0.3, -0.25) is 0 Å². The lowest BCUT2D eigenvalue weighted by molar-refractivity contribution is 0.394. The largest absolute Gasteiger partial charge is 0.468 e. The molecule has 0 unspecified atom stereocenters. The van der Waals surface area contributed by atoms with E-state index in [-0.39, 0.29) is 18.4 Å². The molecule has 7 heavy (non-hydrogen) atoms. The number of nitrogens with zero attached hydrogens (tertiary/aromatic N) is 1. The molecule has 4 nitrogen and oxygen atoms in total. The smallest absolute Gasteiger partial charge is 0.303 e. The maximum Gasteiger partial charge on any atom is 0.303 e. The fraction of sp³-hybridized carbons (Fsp3) is 0.500. The van der Waals surface area contributed by atoms with Crippen LogP contribution in [0, 0.1) is 0 Å². The van der Waals surface area contributed by atoms with Crippen LogP contribution in [0.3, 0.4) is 0 Å². The second kappa shape index (κ2) is 5.36. The van der Waals surface area contributed by atoms with Crippen molar-refractivity contribution in [3.8, 4) is 0 Å². The minimum absolute atomic E-state index is 0. The Labute approximate surface area is 47.9 Å². The van der Waals surface area contributed by atoms with Crippen LogP contribution in [0.1, 0.15) is 0 Å². The monoisotopic (exact) mass is 125 g/mol. The van der Waals surface area contributed by atoms with E-state index < -0.39 is 0 Å². The molecule has 0 rings (SSSR count). The Balaban J connectivity index is 0. The molecule has 0 amide bonds. The van der Waals surface area contributed by atoms with Crippen molar-refractivity contribution < 1.29 is 4.74 Å². The van der Waals surface area contributed by atoms with E-state index in [0.717, 1.165) is 0 Å². The molecule has 0 saturated heterocycles. The minimum atomic E-state index is -0.00463. The molecule has 0 radical (unpaired) electrons. The molecule has 0 spiro atoms. The molecule has 0 aliphatic heterocycles. The quantitative estimate of drug-likeness (QED) is 0.194. The predicted molar refractivity (Wildman–Crippen MR) is 30.1 cm³/mol. The van der Waals surface area contributed by atoms with E-state index in [4.69, 9.17) is 5.73 Å². The number of nitrogens with two attached hydrogens (primary N) is 2. The maximum absolute atomic E-state index is 4.88. The van der Waals surface area contributed by atoms with Gasteiger partial charge in [-0.1, -0.05) is 0 Å². The number of amidine groups is 1. The zero-order valence-corrected chi connectivity index (χ0v) is 4.73. The molecule has 0 atom stereocenters. The molecule has 0 aromatic heterocycles. The SMILES string of the molecule is CO/C(N)=N/N.Cl. The molecular formula is C2H8ClN3O. The summed E-state index contributed by atoms with van der Waals surface area (Å²) >= 11 is 0. The van der Waals surface area contributed by atoms with Crippen molar-refractivity contribution in [2.75, 3.05) is 7.11 Å². The van der Waals surface area contributed by atoms with Crippen LogP contribution >= 0.6 is 12.4 Å². The third-order valence-corrected chi connectivity index (χ3v) is 0.336. The van der Waals surface area contributed by atoms with Crippen molar-refractivity contribution >= 4 is 18.4 Å². The van der Waals surface area contributed by atoms with Crippen molar-refractivity contribution in [1.82, 2.24) is 0 Å². The zero-order chi connectivity index (χ0) is 4.99. The van der Waals surface area contributed by atoms with Crippen molar-refractivity contribution in [3.05, 3.63) is 0 Å². The van der Waals surface area contributed by atoms with Crippen LogP contribution in [-0.4, -0.2) is 13.1 Å². The summed E-state index contributed by atoms with van der Waals surface area (Å²) in [5, 5.41) is 2.98. The molecule has 0 bridgehead atoms. The van der Waals surface area contributed by atoms with Crippen molar-refractivity contribution in [2.45, 2.75) is 0 Å². The Hall–Kier alpha value is -0.640. The molecule has 0 saturated carbocycles. The fourth-order valence-electron chi connectivity index (χ4n) is 0.0527. The van der Waals surface area contributed by atoms with Gasteiger partial charge in [0.25, 0.3) is 0 Å². The number of ether oxygens (including phenoxy) is 1. The number of rotatable bonds is 0. The second-order valence-corrected chi connectivity index (χ2v) is 0.671. The molecule has 4 N–H and O–H groups in total. The van der Waals surface area contributed by atoms with E-state index in [1.807, 2.05) is 0 Å². The molecule has 0 fully saturated rings. The van der Waals surface area contributed by atoms with Gasteiger partial charge in [0.15, 0.2) is 0 Å². The van der Waals surface area contributed by atoms with Crippen LogP contribution in [0.15, 0.2) is 5.10 Å². The van der Waals surface area contributed by atoms with Gasteiger partial charge >= 0.3 is 6.02 Å². The lowest BCUT2D eigenvalue weighted by Crippen LogP contribution is -2.15. The van der Waals surface area contributed by atoms with Gasteiger partial charge in [0.1, 0.15) is 0 Å². The highest BCUT2D eigenvalue weighted by molar-refractivity contribution is 5.85. The number of hydrogen-bond donors (Lipinski definition) is 2. The van der Waals surface area contributed by atoms with E-state index in [0.29, 0.717) is 0 Å². The Bertz CT molecular complexity index is 64.0. The number of hydrazone groups is 1. The van der Waals surface area contributed by atoms with E-state index in [9.17, 15) is 0 Å². The molecule has 0 aliphatic carbocycles. The average Bonchev–Trinajstić information content (AvgIpc) is 1.65. The first-order valence-corrected chi connectivity index (χ1v) is 1.38. The lowest BCUT2D eigenvalue weighted by atomic mass is 11.2. The zero-order valence-electron chi connectivity index (χ0n) is 3.92. The molecule has 0 aromatic rings. The standard InChI is InChI=1S/C2H7N3O.ClH/c1-6-2(3)5-4;/h4H2,1H3,(H2,3,5);1H. The number of methoxy groups -OCH3 is 1. The Morgan fingerprint density at radius 1 is 1.71 bits per heavy atom. The first-order chi connectivity index (χ1) is 2.81. The highest BCUT2D eigenvalue weighted by atomic mass is 35.5. The first-order valence-electron chi connectivity index (χ1n) is 1.38. The highest BCUT2D eigenvalue weighted by Gasteiger charge is 1.75. The van der Waals surface area contributed by atoms with Gasteiger partial charge in [-0.25, -0.2) is 0 Å². The van der Waals surface area contributed by atoms with Crippen LogP contribution in [-0.2, 0) is 4.74 Å². The van der Waals surface area contributed by atoms with Crippen LogP contribution in [0.25, 0.3) is 0 Å². The van der Waals surface area contributed by atoms with E-state index >= 15 is 0 Å². The predicted octanol–water partition coefficient (Wildman–Crippen LogP) is -0.757. The van der Waals surface area contributed by atoms with E-state index in [1.54, 1.807) is 0 Å². The van der Waals surface area contributed by atoms with Gasteiger partial charge in [-0.15, -0.1) is 17.5 Å². The number of hydrogen-bond acceptors (Lipinski definition) is 3. The molecule has 44 valence electrons. The van der Waals surface area contributed by atoms with Gasteiger partial charge in [0.2, 0.25) is 0 Å². The summed E-state index contributed by atoms with van der Waals surface area (Å²) in [5.74, 6) is 4.62. The maximum atomic E-state index is 4.88. The first kappa shape index (κ1) is 9.61. The topological polar surface area (TPSA) is 73.6 Å². The molecule has 5 heteroatoms. The van der Waals surface area contributed by atoms with Crippen molar-refractivity contribution in [3.63, 3.8) is 0 Å². The molecular weight excluding hydrogens is 117 g/mol. The minimum Gasteiger partial charge on any atom is -0.468 e. The van der Waals surface area contributed by atoms with E-state index in [1.165, 1.54) is 7.11 Å². The summed E-state index contributed by atoms with van der Waals surface area (Å²) in [4.78, 5) is 0. The Morgan fingerprint density at radius 2 is 2.14 bits per heavy atom. The fourth-order valence-corrected chi connectivity index (χ4v) is 0.0527. The summed E-state index contributed by atoms with van der Waals surface area (Å²) in [7, 11) is 1.39. The number of halogens is 1. The summed E-state index contributed by atoms with van der Waals surface area (Å²) < 4.78 is 4.30. The molecule has 0 heterocycles. The summed E-state index contributed by atoms with van der Waals surface area (Å²) in [6.45, 7) is 0. The lowest BCUT2D eigenvalue weighted by Gasteiger charge is -1.89. The second-order valence-electron chi connectivity index (χ2n) is 0.671. The Morgan fingerprint density at radius 3 is 2.14 bits per heavy atom. The van der Waals surface area contributed by atoms with Gasteiger partial charge in [-0.05, 0) is 0 Å². The van der Waals surface area contributed by atoms with Gasteiger partial charge in [0.05, 0.1) is 7.11 Å². The average molecular weight is 126 g/mol. The van der Waals surface area contributed by atoms with Crippen LogP contribution in [0.4, 0.5) is 0 Å². The van der Waals surface area contributed by atoms with E-state index in [2.05, 4.69) is 15.7 Å². The van der Waals surface area contributed by atoms with Crippen molar-refractivity contribution in [1.29, 1.82) is 0 Å². The van der Waals surface area contributed by atoms with Gasteiger partial charge < -0.3 is 16.3 Å². The van der Waals surface area contributed by atoms with Gasteiger partial charge in [0, 0.05) is 0 Å². The molecule has 0 aromatic carbocycles. The summed E-state index contributed by atoms with van der Waals surface area (Å²) in [6.07, 6.45) is 0. The molecule has 0 aliphatic rings. The van der Waals surface area contributed by atoms with Crippen LogP contribution < -0.4 is 11.6 Å². The normalized spacial score (nSPS) is 9.57. The summed E-state index contributed by atoms with van der Waals surface area (Å²) in [6, 6.07) is -0.00463. The third-order valence-electron chi connectivity index (χ3n) is 0.336. The summed E-state index contributed by atoms with van der Waals surface area (Å²) in [5.41, 5.74) is 4.88. The van der Waals surface area contributed by atoms with Crippen molar-refractivity contribution in [2.24, 2.45) is 16.7 Å². The van der Waals surface area contributed by atoms with Gasteiger partial charge in [-0.2, -0.15) is 0 Å². The van der Waals surface area contributed by atoms with Crippen LogP contribution in [0.5, 0.6) is 0 Å².